The summed E-state index contributed by atoms with van der Waals surface area (Å²) in [6.45, 7) is 0.450. The molecule has 0 saturated carbocycles. The predicted octanol–water partition coefficient (Wildman–Crippen LogP) is 3.63. The Morgan fingerprint density at radius 1 is 1.21 bits per heavy atom. The molecule has 0 amide bonds. The molecule has 0 aliphatic heterocycles. The Kier molecular flexibility index (Phi) is 4.82. The summed E-state index contributed by atoms with van der Waals surface area (Å²) in [5, 5.41) is 0.0304. The first-order valence-electron chi connectivity index (χ1n) is 5.99. The largest absolute Gasteiger partial charge is 0.497 e. The van der Waals surface area contributed by atoms with Gasteiger partial charge in [-0.25, -0.2) is 4.39 Å². The van der Waals surface area contributed by atoms with Crippen LogP contribution in [0.15, 0.2) is 53.4 Å². The van der Waals surface area contributed by atoms with Crippen molar-refractivity contribution in [3.05, 3.63) is 59.9 Å². The van der Waals surface area contributed by atoms with E-state index in [1.807, 2.05) is 30.3 Å². The fourth-order valence-corrected chi connectivity index (χ4v) is 2.85. The van der Waals surface area contributed by atoms with Gasteiger partial charge in [-0.15, -0.1) is 11.8 Å². The standard InChI is InChI=1S/C15H16FNOS/c1-18-13-6-3-7-14(9-13)19-15(10-17)11-4-2-5-12(16)8-11/h2-9,15H,10,17H2,1H3. The molecule has 0 fully saturated rings. The molecular formula is C15H16FNOS. The lowest BCUT2D eigenvalue weighted by Crippen LogP contribution is -2.09. The van der Waals surface area contributed by atoms with E-state index in [1.165, 1.54) is 12.1 Å². The third-order valence-corrected chi connectivity index (χ3v) is 4.03. The maximum Gasteiger partial charge on any atom is 0.123 e. The van der Waals surface area contributed by atoms with Crippen molar-refractivity contribution >= 4 is 11.8 Å². The smallest absolute Gasteiger partial charge is 0.123 e. The Morgan fingerprint density at radius 3 is 2.68 bits per heavy atom. The molecule has 2 N–H and O–H groups in total. The fraction of sp³-hybridized carbons (Fsp3) is 0.200. The monoisotopic (exact) mass is 277 g/mol. The van der Waals surface area contributed by atoms with Crippen LogP contribution < -0.4 is 10.5 Å². The Labute approximate surface area is 116 Å². The van der Waals surface area contributed by atoms with Crippen molar-refractivity contribution in [3.8, 4) is 5.75 Å². The number of methoxy groups -OCH3 is 1. The van der Waals surface area contributed by atoms with Crippen LogP contribution in [-0.2, 0) is 0 Å². The van der Waals surface area contributed by atoms with Crippen LogP contribution in [0.3, 0.4) is 0 Å². The highest BCUT2D eigenvalue weighted by Gasteiger charge is 2.12. The third-order valence-electron chi connectivity index (χ3n) is 2.75. The van der Waals surface area contributed by atoms with Gasteiger partial charge in [0.2, 0.25) is 0 Å². The molecule has 0 aliphatic carbocycles. The average Bonchev–Trinajstić information content (AvgIpc) is 2.45. The summed E-state index contributed by atoms with van der Waals surface area (Å²) in [5.74, 6) is 0.571. The van der Waals surface area contributed by atoms with Gasteiger partial charge in [-0.05, 0) is 35.9 Å². The molecule has 2 aromatic carbocycles. The lowest BCUT2D eigenvalue weighted by molar-refractivity contribution is 0.413. The summed E-state index contributed by atoms with van der Waals surface area (Å²) in [5.41, 5.74) is 6.70. The van der Waals surface area contributed by atoms with E-state index in [4.69, 9.17) is 10.5 Å². The molecule has 0 saturated heterocycles. The average molecular weight is 277 g/mol. The van der Waals surface area contributed by atoms with Crippen molar-refractivity contribution in [2.75, 3.05) is 13.7 Å². The van der Waals surface area contributed by atoms with Crippen LogP contribution in [0.1, 0.15) is 10.8 Å². The molecule has 0 heterocycles. The molecule has 100 valence electrons. The zero-order chi connectivity index (χ0) is 13.7. The first-order valence-corrected chi connectivity index (χ1v) is 6.87. The van der Waals surface area contributed by atoms with Crippen molar-refractivity contribution in [1.29, 1.82) is 0 Å². The van der Waals surface area contributed by atoms with E-state index in [-0.39, 0.29) is 11.1 Å². The highest BCUT2D eigenvalue weighted by atomic mass is 32.2. The first kappa shape index (κ1) is 13.9. The lowest BCUT2D eigenvalue weighted by Gasteiger charge is -2.15. The zero-order valence-corrected chi connectivity index (χ0v) is 11.5. The Hall–Kier alpha value is -1.52. The first-order chi connectivity index (χ1) is 9.22. The molecule has 1 atom stereocenters. The van der Waals surface area contributed by atoms with E-state index in [2.05, 4.69) is 0 Å². The number of benzene rings is 2. The van der Waals surface area contributed by atoms with Gasteiger partial charge in [-0.3, -0.25) is 0 Å². The molecule has 0 bridgehead atoms. The third kappa shape index (κ3) is 3.72. The van der Waals surface area contributed by atoms with Crippen molar-refractivity contribution in [2.45, 2.75) is 10.1 Å². The molecule has 19 heavy (non-hydrogen) atoms. The SMILES string of the molecule is COc1cccc(SC(CN)c2cccc(F)c2)c1. The van der Waals surface area contributed by atoms with Gasteiger partial charge in [0.25, 0.3) is 0 Å². The maximum absolute atomic E-state index is 13.3. The van der Waals surface area contributed by atoms with Gasteiger partial charge in [-0.1, -0.05) is 18.2 Å². The van der Waals surface area contributed by atoms with E-state index in [0.717, 1.165) is 16.2 Å². The molecule has 0 radical (unpaired) electrons. The molecule has 2 nitrogen and oxygen atoms in total. The number of hydrogen-bond donors (Lipinski definition) is 1. The normalized spacial score (nSPS) is 12.2. The minimum atomic E-state index is -0.234. The number of ether oxygens (including phenoxy) is 1. The molecule has 4 heteroatoms. The van der Waals surface area contributed by atoms with Gasteiger partial charge in [-0.2, -0.15) is 0 Å². The van der Waals surface area contributed by atoms with Crippen LogP contribution in [0.25, 0.3) is 0 Å². The van der Waals surface area contributed by atoms with Gasteiger partial charge >= 0.3 is 0 Å². The Bertz CT molecular complexity index is 547. The van der Waals surface area contributed by atoms with E-state index in [0.29, 0.717) is 6.54 Å². The van der Waals surface area contributed by atoms with E-state index >= 15 is 0 Å². The van der Waals surface area contributed by atoms with E-state index < -0.39 is 0 Å². The van der Waals surface area contributed by atoms with Gasteiger partial charge in [0.05, 0.1) is 7.11 Å². The van der Waals surface area contributed by atoms with Gasteiger partial charge in [0, 0.05) is 16.7 Å². The second kappa shape index (κ2) is 6.59. The number of halogens is 1. The summed E-state index contributed by atoms with van der Waals surface area (Å²) in [4.78, 5) is 1.05. The summed E-state index contributed by atoms with van der Waals surface area (Å²) >= 11 is 1.61. The Morgan fingerprint density at radius 2 is 2.00 bits per heavy atom. The van der Waals surface area contributed by atoms with Gasteiger partial charge in [0.15, 0.2) is 0 Å². The van der Waals surface area contributed by atoms with Gasteiger partial charge in [0.1, 0.15) is 11.6 Å². The van der Waals surface area contributed by atoms with Crippen LogP contribution in [0, 0.1) is 5.82 Å². The van der Waals surface area contributed by atoms with E-state index in [1.54, 1.807) is 24.9 Å². The summed E-state index contributed by atoms with van der Waals surface area (Å²) in [6, 6.07) is 14.3. The quantitative estimate of drug-likeness (QED) is 0.848. The summed E-state index contributed by atoms with van der Waals surface area (Å²) in [6.07, 6.45) is 0. The van der Waals surface area contributed by atoms with Crippen LogP contribution in [-0.4, -0.2) is 13.7 Å². The topological polar surface area (TPSA) is 35.2 Å². The molecule has 0 aromatic heterocycles. The van der Waals surface area contributed by atoms with E-state index in [9.17, 15) is 4.39 Å². The maximum atomic E-state index is 13.3. The predicted molar refractivity (Wildman–Crippen MR) is 77.0 cm³/mol. The second-order valence-electron chi connectivity index (χ2n) is 4.08. The van der Waals surface area contributed by atoms with Gasteiger partial charge < -0.3 is 10.5 Å². The summed E-state index contributed by atoms with van der Waals surface area (Å²) in [7, 11) is 1.64. The van der Waals surface area contributed by atoms with Crippen molar-refractivity contribution < 1.29 is 9.13 Å². The highest BCUT2D eigenvalue weighted by Crippen LogP contribution is 2.35. The zero-order valence-electron chi connectivity index (χ0n) is 10.7. The molecule has 2 rings (SSSR count). The number of thioether (sulfide) groups is 1. The Balaban J connectivity index is 2.18. The summed E-state index contributed by atoms with van der Waals surface area (Å²) < 4.78 is 18.4. The number of rotatable bonds is 5. The minimum absolute atomic E-state index is 0.0304. The molecule has 2 aromatic rings. The van der Waals surface area contributed by atoms with Crippen LogP contribution >= 0.6 is 11.8 Å². The highest BCUT2D eigenvalue weighted by molar-refractivity contribution is 7.99. The molecule has 0 spiro atoms. The number of nitrogens with two attached hydrogens (primary N) is 1. The van der Waals surface area contributed by atoms with Crippen LogP contribution in [0.2, 0.25) is 0 Å². The van der Waals surface area contributed by atoms with Crippen LogP contribution in [0.4, 0.5) is 4.39 Å². The fourth-order valence-electron chi connectivity index (χ4n) is 1.80. The molecule has 0 aliphatic rings. The second-order valence-corrected chi connectivity index (χ2v) is 5.35. The van der Waals surface area contributed by atoms with Crippen LogP contribution in [0.5, 0.6) is 5.75 Å². The molecule has 1 unspecified atom stereocenters. The minimum Gasteiger partial charge on any atom is -0.497 e. The van der Waals surface area contributed by atoms with Crippen molar-refractivity contribution in [2.24, 2.45) is 5.73 Å². The molecular weight excluding hydrogens is 261 g/mol. The van der Waals surface area contributed by atoms with Crippen molar-refractivity contribution in [3.63, 3.8) is 0 Å². The lowest BCUT2D eigenvalue weighted by atomic mass is 10.1. The number of hydrogen-bond acceptors (Lipinski definition) is 3. The van der Waals surface area contributed by atoms with Crippen molar-refractivity contribution in [1.82, 2.24) is 0 Å².